The molecule has 28 heavy (non-hydrogen) atoms. The Morgan fingerprint density at radius 3 is 2.68 bits per heavy atom. The fourth-order valence-corrected chi connectivity index (χ4v) is 4.28. The molecule has 1 aliphatic rings. The maximum Gasteiger partial charge on any atom is 0.308 e. The smallest absolute Gasteiger partial charge is 0.308 e. The van der Waals surface area contributed by atoms with Gasteiger partial charge in [-0.25, -0.2) is 0 Å². The van der Waals surface area contributed by atoms with Crippen LogP contribution in [0.2, 0.25) is 5.02 Å². The van der Waals surface area contributed by atoms with E-state index in [1.165, 1.54) is 0 Å². The van der Waals surface area contributed by atoms with Gasteiger partial charge in [0.15, 0.2) is 0 Å². The zero-order valence-electron chi connectivity index (χ0n) is 15.4. The molecule has 1 amide bonds. The Kier molecular flexibility index (Phi) is 7.18. The van der Waals surface area contributed by atoms with Crippen molar-refractivity contribution in [1.82, 2.24) is 4.90 Å². The lowest BCUT2D eigenvalue weighted by Crippen LogP contribution is -2.43. The summed E-state index contributed by atoms with van der Waals surface area (Å²) in [6.45, 7) is 0.850. The number of carbonyl (C=O) groups excluding carboxylic acids is 1. The molecule has 6 heteroatoms. The van der Waals surface area contributed by atoms with E-state index in [0.29, 0.717) is 35.7 Å². The van der Waals surface area contributed by atoms with Gasteiger partial charge in [0.05, 0.1) is 5.92 Å². The second-order valence-corrected chi connectivity index (χ2v) is 8.24. The van der Waals surface area contributed by atoms with Gasteiger partial charge in [0.25, 0.3) is 5.91 Å². The summed E-state index contributed by atoms with van der Waals surface area (Å²) in [7, 11) is 0. The van der Waals surface area contributed by atoms with Gasteiger partial charge < -0.3 is 10.0 Å². The number of benzene rings is 2. The number of likely N-dealkylation sites (tertiary alicyclic amines) is 1. The summed E-state index contributed by atoms with van der Waals surface area (Å²) in [5.41, 5.74) is 1.50. The van der Waals surface area contributed by atoms with Crippen molar-refractivity contribution >= 4 is 41.3 Å². The Morgan fingerprint density at radius 1 is 1.18 bits per heavy atom. The number of carboxylic acid groups (broad SMARTS) is 1. The number of thioether (sulfide) groups is 1. The Bertz CT molecular complexity index is 869. The second-order valence-electron chi connectivity index (χ2n) is 6.75. The molecule has 1 unspecified atom stereocenters. The Hall–Kier alpha value is -2.24. The van der Waals surface area contributed by atoms with Gasteiger partial charge in [-0.15, -0.1) is 11.8 Å². The first-order valence-electron chi connectivity index (χ1n) is 9.19. The van der Waals surface area contributed by atoms with E-state index in [1.54, 1.807) is 22.7 Å². The average molecular weight is 416 g/mol. The number of piperidine rings is 1. The van der Waals surface area contributed by atoms with E-state index in [9.17, 15) is 14.7 Å². The van der Waals surface area contributed by atoms with Crippen LogP contribution in [0.1, 0.15) is 18.4 Å². The lowest BCUT2D eigenvalue weighted by atomic mass is 9.97. The topological polar surface area (TPSA) is 57.6 Å². The largest absolute Gasteiger partial charge is 0.481 e. The van der Waals surface area contributed by atoms with Crippen molar-refractivity contribution in [3.63, 3.8) is 0 Å². The third kappa shape index (κ3) is 5.63. The molecular formula is C22H22ClNO3S. The number of nitrogens with zero attached hydrogens (tertiary/aromatic N) is 1. The first kappa shape index (κ1) is 20.5. The Labute approximate surface area is 174 Å². The number of rotatable bonds is 6. The van der Waals surface area contributed by atoms with Crippen LogP contribution in [0, 0.1) is 5.92 Å². The molecule has 0 aromatic heterocycles. The molecular weight excluding hydrogens is 394 g/mol. The van der Waals surface area contributed by atoms with E-state index in [0.717, 1.165) is 10.5 Å². The van der Waals surface area contributed by atoms with Crippen LogP contribution in [0.3, 0.4) is 0 Å². The zero-order valence-corrected chi connectivity index (χ0v) is 17.0. The monoisotopic (exact) mass is 415 g/mol. The number of hydrogen-bond acceptors (Lipinski definition) is 3. The van der Waals surface area contributed by atoms with Gasteiger partial charge in [0.1, 0.15) is 0 Å². The quantitative estimate of drug-likeness (QED) is 0.541. The van der Waals surface area contributed by atoms with Crippen LogP contribution < -0.4 is 0 Å². The molecule has 146 valence electrons. The lowest BCUT2D eigenvalue weighted by molar-refractivity contribution is -0.145. The van der Waals surface area contributed by atoms with Crippen LogP contribution in [-0.4, -0.2) is 40.7 Å². The molecule has 1 atom stereocenters. The lowest BCUT2D eigenvalue weighted by Gasteiger charge is -2.31. The van der Waals surface area contributed by atoms with Crippen LogP contribution in [0.4, 0.5) is 0 Å². The van der Waals surface area contributed by atoms with Crippen molar-refractivity contribution in [3.05, 3.63) is 70.8 Å². The van der Waals surface area contributed by atoms with Crippen molar-refractivity contribution in [2.45, 2.75) is 17.7 Å². The van der Waals surface area contributed by atoms with E-state index < -0.39 is 11.9 Å². The van der Waals surface area contributed by atoms with Crippen molar-refractivity contribution in [2.75, 3.05) is 18.8 Å². The SMILES string of the molecule is O=C(O)C1CCCN(C(=O)/C(=C/c2cccc(Cl)c2)CSc2ccccc2)C1. The summed E-state index contributed by atoms with van der Waals surface area (Å²) >= 11 is 7.67. The van der Waals surface area contributed by atoms with Crippen LogP contribution >= 0.6 is 23.4 Å². The van der Waals surface area contributed by atoms with E-state index >= 15 is 0 Å². The van der Waals surface area contributed by atoms with Gasteiger partial charge in [-0.05, 0) is 48.7 Å². The molecule has 1 fully saturated rings. The number of aliphatic carboxylic acids is 1. The minimum Gasteiger partial charge on any atom is -0.481 e. The molecule has 0 spiro atoms. The Morgan fingerprint density at radius 2 is 1.96 bits per heavy atom. The molecule has 0 bridgehead atoms. The number of hydrogen-bond donors (Lipinski definition) is 1. The number of amides is 1. The highest BCUT2D eigenvalue weighted by Crippen LogP contribution is 2.25. The molecule has 1 saturated heterocycles. The van der Waals surface area contributed by atoms with Gasteiger partial charge in [-0.2, -0.15) is 0 Å². The maximum atomic E-state index is 13.2. The van der Waals surface area contributed by atoms with Crippen LogP contribution in [-0.2, 0) is 9.59 Å². The third-order valence-electron chi connectivity index (χ3n) is 4.66. The molecule has 2 aromatic carbocycles. The third-order valence-corrected chi connectivity index (χ3v) is 5.96. The molecule has 1 N–H and O–H groups in total. The minimum absolute atomic E-state index is 0.102. The summed E-state index contributed by atoms with van der Waals surface area (Å²) in [6, 6.07) is 17.3. The summed E-state index contributed by atoms with van der Waals surface area (Å²) in [6.07, 6.45) is 3.18. The van der Waals surface area contributed by atoms with Gasteiger partial charge in [-0.1, -0.05) is 41.9 Å². The summed E-state index contributed by atoms with van der Waals surface area (Å²) < 4.78 is 0. The highest BCUT2D eigenvalue weighted by Gasteiger charge is 2.29. The van der Waals surface area contributed by atoms with E-state index in [-0.39, 0.29) is 12.5 Å². The van der Waals surface area contributed by atoms with E-state index in [4.69, 9.17) is 11.6 Å². The maximum absolute atomic E-state index is 13.2. The fourth-order valence-electron chi connectivity index (χ4n) is 3.21. The van der Waals surface area contributed by atoms with Gasteiger partial charge in [0, 0.05) is 34.3 Å². The Balaban J connectivity index is 1.82. The zero-order chi connectivity index (χ0) is 19.9. The molecule has 0 aliphatic carbocycles. The molecule has 2 aromatic rings. The van der Waals surface area contributed by atoms with Crippen LogP contribution in [0.5, 0.6) is 0 Å². The predicted molar refractivity (Wildman–Crippen MR) is 114 cm³/mol. The first-order chi connectivity index (χ1) is 13.5. The first-order valence-corrected chi connectivity index (χ1v) is 10.6. The van der Waals surface area contributed by atoms with Gasteiger partial charge in [0.2, 0.25) is 0 Å². The highest BCUT2D eigenvalue weighted by molar-refractivity contribution is 7.99. The van der Waals surface area contributed by atoms with Crippen LogP contribution in [0.25, 0.3) is 6.08 Å². The predicted octanol–water partition coefficient (Wildman–Crippen LogP) is 4.84. The standard InChI is InChI=1S/C22H22ClNO3S/c23-19-8-4-6-16(13-19)12-18(15-28-20-9-2-1-3-10-20)21(25)24-11-5-7-17(14-24)22(26)27/h1-4,6,8-10,12-13,17H,5,7,11,14-15H2,(H,26,27)/b18-12+. The number of carbonyl (C=O) groups is 2. The minimum atomic E-state index is -0.837. The van der Waals surface area contributed by atoms with Crippen molar-refractivity contribution in [2.24, 2.45) is 5.92 Å². The number of halogens is 1. The van der Waals surface area contributed by atoms with Crippen molar-refractivity contribution < 1.29 is 14.7 Å². The number of carboxylic acids is 1. The molecule has 0 radical (unpaired) electrons. The van der Waals surface area contributed by atoms with Crippen molar-refractivity contribution in [1.29, 1.82) is 0 Å². The summed E-state index contributed by atoms with van der Waals surface area (Å²) in [5, 5.41) is 9.93. The summed E-state index contributed by atoms with van der Waals surface area (Å²) in [5.74, 6) is -0.929. The molecule has 1 aliphatic heterocycles. The fraction of sp³-hybridized carbons (Fsp3) is 0.273. The molecule has 4 nitrogen and oxygen atoms in total. The van der Waals surface area contributed by atoms with Crippen LogP contribution in [0.15, 0.2) is 65.1 Å². The van der Waals surface area contributed by atoms with E-state index in [1.807, 2.05) is 54.6 Å². The van der Waals surface area contributed by atoms with Crippen molar-refractivity contribution in [3.8, 4) is 0 Å². The highest BCUT2D eigenvalue weighted by atomic mass is 35.5. The molecule has 1 heterocycles. The molecule has 3 rings (SSSR count). The van der Waals surface area contributed by atoms with Gasteiger partial charge in [-0.3, -0.25) is 9.59 Å². The normalized spacial score (nSPS) is 17.4. The average Bonchev–Trinajstić information content (AvgIpc) is 2.71. The summed E-state index contributed by atoms with van der Waals surface area (Å²) in [4.78, 5) is 27.3. The van der Waals surface area contributed by atoms with E-state index in [2.05, 4.69) is 0 Å². The second kappa shape index (κ2) is 9.80. The van der Waals surface area contributed by atoms with Gasteiger partial charge >= 0.3 is 5.97 Å². The molecule has 0 saturated carbocycles.